The second-order valence-corrected chi connectivity index (χ2v) is 5.11. The third-order valence-corrected chi connectivity index (χ3v) is 3.18. The Morgan fingerprint density at radius 3 is 1.30 bits per heavy atom. The molecule has 0 saturated heterocycles. The van der Waals surface area contributed by atoms with Crippen molar-refractivity contribution >= 4 is 0 Å². The van der Waals surface area contributed by atoms with Crippen LogP contribution in [-0.2, 0) is 4.74 Å². The lowest BCUT2D eigenvalue weighted by molar-refractivity contribution is -0.440. The molecule has 0 rings (SSSR count). The molecule has 0 aliphatic heterocycles. The van der Waals surface area contributed by atoms with Crippen LogP contribution < -0.4 is 0 Å². The fourth-order valence-electron chi connectivity index (χ4n) is 1.48. The summed E-state index contributed by atoms with van der Waals surface area (Å²) in [4.78, 5) is 0. The minimum absolute atomic E-state index is 1.06. The fourth-order valence-corrected chi connectivity index (χ4v) is 1.48. The molecule has 2 N–H and O–H groups in total. The molecule has 0 fully saturated rings. The van der Waals surface area contributed by atoms with Crippen molar-refractivity contribution in [2.75, 3.05) is 19.8 Å². The van der Waals surface area contributed by atoms with Gasteiger partial charge in [0.2, 0.25) is 0 Å². The summed E-state index contributed by atoms with van der Waals surface area (Å²) < 4.78 is 170. The van der Waals surface area contributed by atoms with E-state index in [0.717, 1.165) is 0 Å². The molecule has 27 heavy (non-hydrogen) atoms. The van der Waals surface area contributed by atoms with E-state index in [-0.39, 0.29) is 0 Å². The highest BCUT2D eigenvalue weighted by Gasteiger charge is 2.90. The second kappa shape index (κ2) is 7.77. The van der Waals surface area contributed by atoms with E-state index in [0.29, 0.717) is 0 Å². The zero-order chi connectivity index (χ0) is 22.1. The van der Waals surface area contributed by atoms with Crippen LogP contribution >= 0.6 is 0 Å². The van der Waals surface area contributed by atoms with Crippen LogP contribution in [0.2, 0.25) is 0 Å². The van der Waals surface area contributed by atoms with Gasteiger partial charge in [0.1, 0.15) is 6.10 Å². The van der Waals surface area contributed by atoms with Gasteiger partial charge in [0.25, 0.3) is 0 Å². The highest BCUT2D eigenvalue weighted by atomic mass is 19.4. The van der Waals surface area contributed by atoms with Crippen molar-refractivity contribution in [3.05, 3.63) is 0 Å². The molecular weight excluding hydrogens is 427 g/mol. The molecule has 0 unspecified atom stereocenters. The van der Waals surface area contributed by atoms with E-state index in [1.54, 1.807) is 0 Å². The summed E-state index contributed by atoms with van der Waals surface area (Å²) in [5.74, 6) is -37.1. The molecular formula is C11H11F13O3. The van der Waals surface area contributed by atoms with Gasteiger partial charge in [0.05, 0.1) is 19.8 Å². The Kier molecular flexibility index (Phi) is 7.47. The lowest BCUT2D eigenvalue weighted by Gasteiger charge is -2.39. The molecule has 0 atom stereocenters. The monoisotopic (exact) mass is 438 g/mol. The van der Waals surface area contributed by atoms with Gasteiger partial charge in [0.15, 0.2) is 0 Å². The van der Waals surface area contributed by atoms with E-state index in [4.69, 9.17) is 10.2 Å². The number of hydrogen-bond donors (Lipinski definition) is 2. The molecule has 0 spiro atoms. The SMILES string of the molecule is OCC(CO)OCCC(F)(F)C(F)(F)C(F)(F)C(F)(F)C(F)(F)C(F)(F)F. The molecule has 3 nitrogen and oxygen atoms in total. The number of aliphatic hydroxyl groups excluding tert-OH is 2. The lowest BCUT2D eigenvalue weighted by atomic mass is 9.93. The third-order valence-electron chi connectivity index (χ3n) is 3.18. The van der Waals surface area contributed by atoms with E-state index < -0.39 is 68.1 Å². The average Bonchev–Trinajstić information content (AvgIpc) is 2.49. The molecule has 164 valence electrons. The Bertz CT molecular complexity index is 484. The number of rotatable bonds is 10. The molecule has 0 aliphatic rings. The minimum Gasteiger partial charge on any atom is -0.394 e. The molecule has 0 aromatic carbocycles. The smallest absolute Gasteiger partial charge is 0.394 e. The van der Waals surface area contributed by atoms with Crippen molar-refractivity contribution in [1.82, 2.24) is 0 Å². The Hall–Kier alpha value is -1.03. The van der Waals surface area contributed by atoms with Gasteiger partial charge in [-0.3, -0.25) is 0 Å². The quantitative estimate of drug-likeness (QED) is 0.514. The van der Waals surface area contributed by atoms with Crippen LogP contribution in [0, 0.1) is 0 Å². The van der Waals surface area contributed by atoms with Crippen LogP contribution in [0.1, 0.15) is 6.42 Å². The molecule has 0 heterocycles. The van der Waals surface area contributed by atoms with Crippen LogP contribution in [0.15, 0.2) is 0 Å². The number of aliphatic hydroxyl groups is 2. The van der Waals surface area contributed by atoms with E-state index in [9.17, 15) is 57.1 Å². The normalized spacial score (nSPS) is 15.6. The number of ether oxygens (including phenoxy) is 1. The average molecular weight is 438 g/mol. The van der Waals surface area contributed by atoms with E-state index in [1.807, 2.05) is 0 Å². The van der Waals surface area contributed by atoms with Crippen LogP contribution in [0.4, 0.5) is 57.1 Å². The van der Waals surface area contributed by atoms with Crippen LogP contribution in [0.3, 0.4) is 0 Å². The molecule has 0 saturated carbocycles. The predicted molar refractivity (Wildman–Crippen MR) is 59.3 cm³/mol. The van der Waals surface area contributed by atoms with Gasteiger partial charge in [-0.1, -0.05) is 0 Å². The summed E-state index contributed by atoms with van der Waals surface area (Å²) in [7, 11) is 0. The Balaban J connectivity index is 5.74. The highest BCUT2D eigenvalue weighted by molar-refractivity contribution is 5.10. The van der Waals surface area contributed by atoms with Crippen LogP contribution in [-0.4, -0.2) is 71.9 Å². The number of hydrogen-bond acceptors (Lipinski definition) is 3. The van der Waals surface area contributed by atoms with Crippen molar-refractivity contribution < 1.29 is 72.0 Å². The van der Waals surface area contributed by atoms with Crippen LogP contribution in [0.5, 0.6) is 0 Å². The molecule has 0 amide bonds. The molecule has 16 heteroatoms. The van der Waals surface area contributed by atoms with Crippen LogP contribution in [0.25, 0.3) is 0 Å². The first-order valence-electron chi connectivity index (χ1n) is 6.53. The summed E-state index contributed by atoms with van der Waals surface area (Å²) in [6, 6.07) is 0. The van der Waals surface area contributed by atoms with Crippen molar-refractivity contribution in [2.24, 2.45) is 0 Å². The van der Waals surface area contributed by atoms with Gasteiger partial charge < -0.3 is 14.9 Å². The van der Waals surface area contributed by atoms with Crippen molar-refractivity contribution in [3.63, 3.8) is 0 Å². The Morgan fingerprint density at radius 1 is 0.593 bits per heavy atom. The van der Waals surface area contributed by atoms with Crippen molar-refractivity contribution in [1.29, 1.82) is 0 Å². The summed E-state index contributed by atoms with van der Waals surface area (Å²) in [6.07, 6.45) is -11.7. The maximum Gasteiger partial charge on any atom is 0.460 e. The lowest BCUT2D eigenvalue weighted by Crippen LogP contribution is -2.70. The first-order chi connectivity index (χ1) is 11.7. The summed E-state index contributed by atoms with van der Waals surface area (Å²) >= 11 is 0. The predicted octanol–water partition coefficient (Wildman–Crippen LogP) is 3.49. The molecule has 0 aromatic rings. The summed E-state index contributed by atoms with van der Waals surface area (Å²) in [6.45, 7) is -3.80. The minimum atomic E-state index is -7.94. The Labute approximate surface area is 141 Å². The molecule has 0 radical (unpaired) electrons. The summed E-state index contributed by atoms with van der Waals surface area (Å²) in [5, 5.41) is 17.0. The first-order valence-corrected chi connectivity index (χ1v) is 6.53. The third kappa shape index (κ3) is 4.36. The van der Waals surface area contributed by atoms with Gasteiger partial charge in [-0.25, -0.2) is 0 Å². The van der Waals surface area contributed by atoms with E-state index in [2.05, 4.69) is 4.74 Å². The largest absolute Gasteiger partial charge is 0.460 e. The van der Waals surface area contributed by atoms with Gasteiger partial charge in [-0.2, -0.15) is 57.1 Å². The summed E-state index contributed by atoms with van der Waals surface area (Å²) in [5.41, 5.74) is 0. The highest BCUT2D eigenvalue weighted by Crippen LogP contribution is 2.60. The Morgan fingerprint density at radius 2 is 0.963 bits per heavy atom. The fraction of sp³-hybridized carbons (Fsp3) is 1.00. The van der Waals surface area contributed by atoms with Gasteiger partial charge in [0, 0.05) is 6.42 Å². The van der Waals surface area contributed by atoms with Gasteiger partial charge in [-0.15, -0.1) is 0 Å². The van der Waals surface area contributed by atoms with Gasteiger partial charge >= 0.3 is 35.8 Å². The van der Waals surface area contributed by atoms with Crippen molar-refractivity contribution in [3.8, 4) is 0 Å². The maximum atomic E-state index is 13.3. The van der Waals surface area contributed by atoms with Crippen molar-refractivity contribution in [2.45, 2.75) is 48.3 Å². The number of alkyl halides is 13. The molecule has 0 aliphatic carbocycles. The molecule has 0 bridgehead atoms. The van der Waals surface area contributed by atoms with E-state index in [1.165, 1.54) is 0 Å². The number of halogens is 13. The first kappa shape index (κ1) is 26.0. The second-order valence-electron chi connectivity index (χ2n) is 5.11. The topological polar surface area (TPSA) is 49.7 Å². The standard InChI is InChI=1S/C11H11F13O3/c12-6(13,1-2-27-5(3-25)4-26)7(14,15)8(16,17)9(18,19)10(20,21)11(22,23)24/h5,25-26H,1-4H2. The zero-order valence-electron chi connectivity index (χ0n) is 12.6. The van der Waals surface area contributed by atoms with Gasteiger partial charge in [-0.05, 0) is 0 Å². The maximum absolute atomic E-state index is 13.3. The molecule has 0 aromatic heterocycles. The van der Waals surface area contributed by atoms with E-state index >= 15 is 0 Å². The zero-order valence-corrected chi connectivity index (χ0v) is 12.6.